The van der Waals surface area contributed by atoms with Crippen LogP contribution in [0.3, 0.4) is 0 Å². The number of carboxylic acid groups (broad SMARTS) is 1. The third-order valence-corrected chi connectivity index (χ3v) is 3.46. The van der Waals surface area contributed by atoms with Gasteiger partial charge in [-0.25, -0.2) is 0 Å². The maximum absolute atomic E-state index is 10.5. The Balaban J connectivity index is 1.85. The van der Waals surface area contributed by atoms with Gasteiger partial charge >= 0.3 is 5.97 Å². The fourth-order valence-electron chi connectivity index (χ4n) is 1.60. The van der Waals surface area contributed by atoms with E-state index in [1.54, 1.807) is 10.9 Å². The molecule has 0 amide bonds. The van der Waals surface area contributed by atoms with Crippen LogP contribution in [-0.2, 0) is 11.3 Å². The van der Waals surface area contributed by atoms with Gasteiger partial charge in [-0.2, -0.15) is 0 Å². The van der Waals surface area contributed by atoms with Gasteiger partial charge in [-0.1, -0.05) is 23.9 Å². The number of nitrogens with zero attached hydrogens (tertiary/aromatic N) is 3. The molecule has 0 aliphatic carbocycles. The summed E-state index contributed by atoms with van der Waals surface area (Å²) in [7, 11) is 0. The first-order chi connectivity index (χ1) is 9.65. The van der Waals surface area contributed by atoms with Gasteiger partial charge in [-0.05, 0) is 24.6 Å². The zero-order valence-electron chi connectivity index (χ0n) is 11.0. The lowest BCUT2D eigenvalue weighted by atomic mass is 10.2. The van der Waals surface area contributed by atoms with Gasteiger partial charge in [0.05, 0.1) is 12.3 Å². The molecule has 6 nitrogen and oxygen atoms in total. The molecule has 2 aromatic rings. The molecule has 0 aliphatic heterocycles. The molecular formula is C13H15N3O3S. The SMILES string of the molecule is Cc1cccc(OCCn2cnnc2SCC(=O)O)c1. The van der Waals surface area contributed by atoms with Gasteiger partial charge in [-0.15, -0.1) is 10.2 Å². The predicted octanol–water partition coefficient (Wildman–Crippen LogP) is 1.84. The van der Waals surface area contributed by atoms with Crippen LogP contribution in [-0.4, -0.2) is 38.2 Å². The molecule has 0 radical (unpaired) electrons. The zero-order chi connectivity index (χ0) is 14.4. The van der Waals surface area contributed by atoms with Gasteiger partial charge in [0.15, 0.2) is 5.16 Å². The maximum atomic E-state index is 10.5. The van der Waals surface area contributed by atoms with E-state index in [2.05, 4.69) is 10.2 Å². The average Bonchev–Trinajstić information content (AvgIpc) is 2.84. The average molecular weight is 293 g/mol. The lowest BCUT2D eigenvalue weighted by molar-refractivity contribution is -0.133. The Labute approximate surface area is 120 Å². The number of aryl methyl sites for hydroxylation is 1. The molecule has 2 rings (SSSR count). The molecular weight excluding hydrogens is 278 g/mol. The van der Waals surface area contributed by atoms with Crippen molar-refractivity contribution in [2.45, 2.75) is 18.6 Å². The van der Waals surface area contributed by atoms with Crippen molar-refractivity contribution in [3.63, 3.8) is 0 Å². The van der Waals surface area contributed by atoms with Gasteiger partial charge in [0, 0.05) is 0 Å². The van der Waals surface area contributed by atoms with E-state index in [1.165, 1.54) is 0 Å². The van der Waals surface area contributed by atoms with Crippen LogP contribution in [0.4, 0.5) is 0 Å². The first-order valence-corrected chi connectivity index (χ1v) is 7.05. The highest BCUT2D eigenvalue weighted by atomic mass is 32.2. The first-order valence-electron chi connectivity index (χ1n) is 6.07. The number of aliphatic carboxylic acids is 1. The highest BCUT2D eigenvalue weighted by Crippen LogP contribution is 2.15. The fraction of sp³-hybridized carbons (Fsp3) is 0.308. The van der Waals surface area contributed by atoms with Crippen molar-refractivity contribution in [2.24, 2.45) is 0 Å². The molecule has 106 valence electrons. The number of carboxylic acids is 1. The minimum absolute atomic E-state index is 0.0303. The van der Waals surface area contributed by atoms with Crippen LogP contribution in [0.5, 0.6) is 5.75 Å². The number of thioether (sulfide) groups is 1. The number of aromatic nitrogens is 3. The van der Waals surface area contributed by atoms with E-state index >= 15 is 0 Å². The predicted molar refractivity (Wildman–Crippen MR) is 75.1 cm³/mol. The van der Waals surface area contributed by atoms with Crippen LogP contribution >= 0.6 is 11.8 Å². The lowest BCUT2D eigenvalue weighted by Crippen LogP contribution is -2.09. The Morgan fingerprint density at radius 1 is 1.50 bits per heavy atom. The molecule has 0 saturated carbocycles. The highest BCUT2D eigenvalue weighted by molar-refractivity contribution is 7.99. The van der Waals surface area contributed by atoms with Crippen molar-refractivity contribution in [3.05, 3.63) is 36.2 Å². The Hall–Kier alpha value is -2.02. The Kier molecular flexibility index (Phi) is 5.00. The van der Waals surface area contributed by atoms with Crippen LogP contribution in [0.2, 0.25) is 0 Å². The smallest absolute Gasteiger partial charge is 0.313 e. The number of carbonyl (C=O) groups is 1. The number of hydrogen-bond acceptors (Lipinski definition) is 5. The van der Waals surface area contributed by atoms with Gasteiger partial charge in [-0.3, -0.25) is 4.79 Å². The molecule has 0 spiro atoms. The molecule has 0 atom stereocenters. The van der Waals surface area contributed by atoms with Crippen molar-refractivity contribution in [3.8, 4) is 5.75 Å². The van der Waals surface area contributed by atoms with Crippen LogP contribution in [0.25, 0.3) is 0 Å². The normalized spacial score (nSPS) is 10.4. The summed E-state index contributed by atoms with van der Waals surface area (Å²) >= 11 is 1.14. The second-order valence-corrected chi connectivity index (χ2v) is 5.10. The van der Waals surface area contributed by atoms with E-state index in [0.717, 1.165) is 23.1 Å². The third kappa shape index (κ3) is 4.27. The minimum Gasteiger partial charge on any atom is -0.492 e. The number of benzene rings is 1. The Morgan fingerprint density at radius 3 is 3.10 bits per heavy atom. The molecule has 0 fully saturated rings. The van der Waals surface area contributed by atoms with Gasteiger partial charge < -0.3 is 14.4 Å². The second-order valence-electron chi connectivity index (χ2n) is 4.15. The Morgan fingerprint density at radius 2 is 2.35 bits per heavy atom. The summed E-state index contributed by atoms with van der Waals surface area (Å²) in [6.45, 7) is 3.05. The largest absolute Gasteiger partial charge is 0.492 e. The third-order valence-electron chi connectivity index (χ3n) is 2.50. The first kappa shape index (κ1) is 14.4. The van der Waals surface area contributed by atoms with E-state index < -0.39 is 5.97 Å². The van der Waals surface area contributed by atoms with Crippen molar-refractivity contribution < 1.29 is 14.6 Å². The standard InChI is InChI=1S/C13H15N3O3S/c1-10-3-2-4-11(7-10)19-6-5-16-9-14-15-13(16)20-8-12(17)18/h2-4,7,9H,5-6,8H2,1H3,(H,17,18). The van der Waals surface area contributed by atoms with Crippen molar-refractivity contribution >= 4 is 17.7 Å². The quantitative estimate of drug-likeness (QED) is 0.785. The maximum Gasteiger partial charge on any atom is 0.313 e. The van der Waals surface area contributed by atoms with E-state index in [1.807, 2.05) is 31.2 Å². The summed E-state index contributed by atoms with van der Waals surface area (Å²) in [6.07, 6.45) is 1.57. The molecule has 0 saturated heterocycles. The van der Waals surface area contributed by atoms with Gasteiger partial charge in [0.25, 0.3) is 0 Å². The number of hydrogen-bond donors (Lipinski definition) is 1. The van der Waals surface area contributed by atoms with E-state index in [9.17, 15) is 4.79 Å². The van der Waals surface area contributed by atoms with Gasteiger partial charge in [0.1, 0.15) is 18.7 Å². The van der Waals surface area contributed by atoms with E-state index in [4.69, 9.17) is 9.84 Å². The molecule has 1 aromatic carbocycles. The zero-order valence-corrected chi connectivity index (χ0v) is 11.8. The molecule has 0 aliphatic rings. The monoisotopic (exact) mass is 293 g/mol. The van der Waals surface area contributed by atoms with Crippen LogP contribution in [0, 0.1) is 6.92 Å². The van der Waals surface area contributed by atoms with E-state index in [0.29, 0.717) is 18.3 Å². The van der Waals surface area contributed by atoms with Crippen molar-refractivity contribution in [1.82, 2.24) is 14.8 Å². The summed E-state index contributed by atoms with van der Waals surface area (Å²) in [6, 6.07) is 7.82. The molecule has 7 heteroatoms. The van der Waals surface area contributed by atoms with Crippen molar-refractivity contribution in [1.29, 1.82) is 0 Å². The van der Waals surface area contributed by atoms with Crippen LogP contribution in [0.1, 0.15) is 5.56 Å². The van der Waals surface area contributed by atoms with Crippen molar-refractivity contribution in [2.75, 3.05) is 12.4 Å². The molecule has 0 bridgehead atoms. The Bertz CT molecular complexity index is 586. The summed E-state index contributed by atoms with van der Waals surface area (Å²) in [4.78, 5) is 10.5. The molecule has 0 unspecified atom stereocenters. The minimum atomic E-state index is -0.874. The summed E-state index contributed by atoms with van der Waals surface area (Å²) in [5, 5.41) is 16.9. The van der Waals surface area contributed by atoms with Gasteiger partial charge in [0.2, 0.25) is 0 Å². The highest BCUT2D eigenvalue weighted by Gasteiger charge is 2.07. The number of ether oxygens (including phenoxy) is 1. The summed E-state index contributed by atoms with van der Waals surface area (Å²) in [5.74, 6) is -0.0874. The molecule has 1 aromatic heterocycles. The molecule has 1 N–H and O–H groups in total. The van der Waals surface area contributed by atoms with E-state index in [-0.39, 0.29) is 5.75 Å². The summed E-state index contributed by atoms with van der Waals surface area (Å²) in [5.41, 5.74) is 1.14. The van der Waals surface area contributed by atoms with Crippen LogP contribution in [0.15, 0.2) is 35.7 Å². The topological polar surface area (TPSA) is 77.2 Å². The fourth-order valence-corrected chi connectivity index (χ4v) is 2.26. The second kappa shape index (κ2) is 6.95. The molecule has 1 heterocycles. The van der Waals surface area contributed by atoms with Crippen LogP contribution < -0.4 is 4.74 Å². The molecule has 20 heavy (non-hydrogen) atoms. The number of rotatable bonds is 7. The summed E-state index contributed by atoms with van der Waals surface area (Å²) < 4.78 is 7.42. The lowest BCUT2D eigenvalue weighted by Gasteiger charge is -2.08.